The monoisotopic (exact) mass is 301 g/mol. The molecule has 0 atom stereocenters. The highest BCUT2D eigenvalue weighted by atomic mass is 19.4. The third kappa shape index (κ3) is 3.01. The summed E-state index contributed by atoms with van der Waals surface area (Å²) >= 11 is 0. The van der Waals surface area contributed by atoms with Gasteiger partial charge in [0.2, 0.25) is 0 Å². The first-order valence-corrected chi connectivity index (χ1v) is 6.48. The van der Waals surface area contributed by atoms with Gasteiger partial charge in [-0.15, -0.1) is 0 Å². The van der Waals surface area contributed by atoms with E-state index in [4.69, 9.17) is 0 Å². The van der Waals surface area contributed by atoms with Gasteiger partial charge >= 0.3 is 12.1 Å². The molecule has 0 unspecified atom stereocenters. The Morgan fingerprint density at radius 2 is 1.71 bits per heavy atom. The fraction of sp³-hybridized carbons (Fsp3) is 0.429. The summed E-state index contributed by atoms with van der Waals surface area (Å²) in [6.45, 7) is 0. The van der Waals surface area contributed by atoms with Crippen molar-refractivity contribution < 1.29 is 27.9 Å². The fourth-order valence-corrected chi connectivity index (χ4v) is 2.58. The Morgan fingerprint density at radius 3 is 2.24 bits per heavy atom. The van der Waals surface area contributed by atoms with Crippen molar-refractivity contribution in [1.29, 1.82) is 0 Å². The molecule has 2 rings (SSSR count). The lowest BCUT2D eigenvalue weighted by atomic mass is 9.96. The zero-order valence-corrected chi connectivity index (χ0v) is 11.0. The molecule has 0 heterocycles. The molecule has 0 saturated heterocycles. The zero-order chi connectivity index (χ0) is 15.7. The van der Waals surface area contributed by atoms with Crippen LogP contribution in [0, 0.1) is 0 Å². The second-order valence-electron chi connectivity index (χ2n) is 5.09. The minimum Gasteiger partial charge on any atom is -0.480 e. The molecule has 4 nitrogen and oxygen atoms in total. The smallest absolute Gasteiger partial charge is 0.417 e. The molecule has 0 spiro atoms. The van der Waals surface area contributed by atoms with Crippen molar-refractivity contribution in [1.82, 2.24) is 5.32 Å². The van der Waals surface area contributed by atoms with Crippen molar-refractivity contribution >= 4 is 11.9 Å². The fourth-order valence-electron chi connectivity index (χ4n) is 2.58. The summed E-state index contributed by atoms with van der Waals surface area (Å²) in [6.07, 6.45) is -2.98. The average Bonchev–Trinajstić information content (AvgIpc) is 2.87. The van der Waals surface area contributed by atoms with Gasteiger partial charge in [0.1, 0.15) is 5.54 Å². The number of hydrogen-bond donors (Lipinski definition) is 2. The number of rotatable bonds is 3. The van der Waals surface area contributed by atoms with Crippen molar-refractivity contribution in [2.45, 2.75) is 37.4 Å². The van der Waals surface area contributed by atoms with Crippen molar-refractivity contribution in [2.24, 2.45) is 0 Å². The van der Waals surface area contributed by atoms with Gasteiger partial charge < -0.3 is 10.4 Å². The lowest BCUT2D eigenvalue weighted by Crippen LogP contribution is -2.52. The van der Waals surface area contributed by atoms with Crippen LogP contribution in [0.1, 0.15) is 41.6 Å². The number of benzene rings is 1. The van der Waals surface area contributed by atoms with Crippen LogP contribution in [0.2, 0.25) is 0 Å². The molecule has 0 bridgehead atoms. The van der Waals surface area contributed by atoms with Gasteiger partial charge in [0.15, 0.2) is 0 Å². The quantitative estimate of drug-likeness (QED) is 0.902. The minimum absolute atomic E-state index is 0.224. The Kier molecular flexibility index (Phi) is 3.93. The molecule has 1 aromatic carbocycles. The normalized spacial score (nSPS) is 17.5. The first-order valence-electron chi connectivity index (χ1n) is 6.48. The van der Waals surface area contributed by atoms with E-state index in [0.29, 0.717) is 12.8 Å². The number of carboxylic acid groups (broad SMARTS) is 1. The van der Waals surface area contributed by atoms with Crippen LogP contribution in [0.5, 0.6) is 0 Å². The molecular weight excluding hydrogens is 287 g/mol. The predicted octanol–water partition coefficient (Wildman–Crippen LogP) is 2.83. The van der Waals surface area contributed by atoms with Crippen LogP contribution in [0.15, 0.2) is 24.3 Å². The van der Waals surface area contributed by atoms with E-state index in [-0.39, 0.29) is 12.8 Å². The summed E-state index contributed by atoms with van der Waals surface area (Å²) < 4.78 is 38.6. The molecule has 1 amide bonds. The Morgan fingerprint density at radius 1 is 1.14 bits per heavy atom. The van der Waals surface area contributed by atoms with Crippen LogP contribution in [0.25, 0.3) is 0 Å². The Balaban J connectivity index is 2.31. The number of nitrogens with one attached hydrogen (secondary N) is 1. The topological polar surface area (TPSA) is 66.4 Å². The molecule has 114 valence electrons. The maximum absolute atomic E-state index is 12.9. The van der Waals surface area contributed by atoms with Crippen molar-refractivity contribution in [3.05, 3.63) is 35.4 Å². The SMILES string of the molecule is O=C(NC1(C(=O)O)CCCC1)c1ccccc1C(F)(F)F. The molecule has 1 saturated carbocycles. The van der Waals surface area contributed by atoms with Gasteiger partial charge in [-0.25, -0.2) is 4.79 Å². The third-order valence-corrected chi connectivity index (χ3v) is 3.70. The second-order valence-corrected chi connectivity index (χ2v) is 5.09. The van der Waals surface area contributed by atoms with E-state index in [1.54, 1.807) is 0 Å². The molecular formula is C14H14F3NO3. The highest BCUT2D eigenvalue weighted by molar-refractivity contribution is 5.99. The summed E-state index contributed by atoms with van der Waals surface area (Å²) in [7, 11) is 0. The lowest BCUT2D eigenvalue weighted by Gasteiger charge is -2.26. The number of hydrogen-bond acceptors (Lipinski definition) is 2. The Bertz CT molecular complexity index is 563. The molecule has 21 heavy (non-hydrogen) atoms. The van der Waals surface area contributed by atoms with Crippen LogP contribution in [-0.2, 0) is 11.0 Å². The highest BCUT2D eigenvalue weighted by Gasteiger charge is 2.44. The van der Waals surface area contributed by atoms with Gasteiger partial charge in [-0.2, -0.15) is 13.2 Å². The minimum atomic E-state index is -4.67. The van der Waals surface area contributed by atoms with Crippen LogP contribution in [-0.4, -0.2) is 22.5 Å². The van der Waals surface area contributed by atoms with Gasteiger partial charge in [0.25, 0.3) is 5.91 Å². The summed E-state index contributed by atoms with van der Waals surface area (Å²) in [4.78, 5) is 23.4. The van der Waals surface area contributed by atoms with Gasteiger partial charge in [-0.3, -0.25) is 4.79 Å². The van der Waals surface area contributed by atoms with E-state index < -0.39 is 34.7 Å². The number of carbonyl (C=O) groups is 2. The Hall–Kier alpha value is -2.05. The van der Waals surface area contributed by atoms with Crippen molar-refractivity contribution in [3.8, 4) is 0 Å². The largest absolute Gasteiger partial charge is 0.480 e. The number of alkyl halides is 3. The number of halogens is 3. The third-order valence-electron chi connectivity index (χ3n) is 3.70. The summed E-state index contributed by atoms with van der Waals surface area (Å²) in [5.41, 5.74) is -3.09. The molecule has 2 N–H and O–H groups in total. The maximum atomic E-state index is 12.9. The average molecular weight is 301 g/mol. The van der Waals surface area contributed by atoms with E-state index in [1.807, 2.05) is 0 Å². The summed E-state index contributed by atoms with van der Waals surface area (Å²) in [5.74, 6) is -2.22. The van der Waals surface area contributed by atoms with E-state index in [1.165, 1.54) is 12.1 Å². The molecule has 0 aromatic heterocycles. The second kappa shape index (κ2) is 5.38. The van der Waals surface area contributed by atoms with E-state index in [2.05, 4.69) is 5.32 Å². The Labute approximate surface area is 119 Å². The van der Waals surface area contributed by atoms with Gasteiger partial charge in [-0.05, 0) is 25.0 Å². The molecule has 0 aliphatic heterocycles. The van der Waals surface area contributed by atoms with Gasteiger partial charge in [-0.1, -0.05) is 25.0 Å². The van der Waals surface area contributed by atoms with Gasteiger partial charge in [0.05, 0.1) is 11.1 Å². The summed E-state index contributed by atoms with van der Waals surface area (Å²) in [6, 6.07) is 4.34. The van der Waals surface area contributed by atoms with Crippen molar-refractivity contribution in [3.63, 3.8) is 0 Å². The highest BCUT2D eigenvalue weighted by Crippen LogP contribution is 2.34. The van der Waals surface area contributed by atoms with Crippen molar-refractivity contribution in [2.75, 3.05) is 0 Å². The number of carboxylic acids is 1. The van der Waals surface area contributed by atoms with Gasteiger partial charge in [0, 0.05) is 0 Å². The molecule has 1 aliphatic rings. The number of carbonyl (C=O) groups excluding carboxylic acids is 1. The van der Waals surface area contributed by atoms with Crippen LogP contribution < -0.4 is 5.32 Å². The standard InChI is InChI=1S/C14H14F3NO3/c15-14(16,17)10-6-2-1-5-9(10)11(19)18-13(12(20)21)7-3-4-8-13/h1-2,5-6H,3-4,7-8H2,(H,18,19)(H,20,21). The zero-order valence-electron chi connectivity index (χ0n) is 11.0. The molecule has 7 heteroatoms. The first kappa shape index (κ1) is 15.3. The summed E-state index contributed by atoms with van der Waals surface area (Å²) in [5, 5.41) is 11.5. The van der Waals surface area contributed by atoms with E-state index >= 15 is 0 Å². The number of amides is 1. The molecule has 1 fully saturated rings. The number of aliphatic carboxylic acids is 1. The lowest BCUT2D eigenvalue weighted by molar-refractivity contribution is -0.144. The maximum Gasteiger partial charge on any atom is 0.417 e. The van der Waals surface area contributed by atoms with Crippen LogP contribution >= 0.6 is 0 Å². The van der Waals surface area contributed by atoms with Crippen LogP contribution in [0.4, 0.5) is 13.2 Å². The predicted molar refractivity (Wildman–Crippen MR) is 67.7 cm³/mol. The molecule has 1 aliphatic carbocycles. The first-order chi connectivity index (χ1) is 9.76. The molecule has 0 radical (unpaired) electrons. The van der Waals surface area contributed by atoms with E-state index in [0.717, 1.165) is 12.1 Å². The van der Waals surface area contributed by atoms with E-state index in [9.17, 15) is 27.9 Å². The molecule has 1 aromatic rings. The van der Waals surface area contributed by atoms with Crippen LogP contribution in [0.3, 0.4) is 0 Å².